The maximum absolute atomic E-state index is 13.2. The maximum Gasteiger partial charge on any atom is 0.272 e. The maximum atomic E-state index is 13.2. The highest BCUT2D eigenvalue weighted by molar-refractivity contribution is 5.92. The lowest BCUT2D eigenvalue weighted by Gasteiger charge is -2.33. The normalized spacial score (nSPS) is 12.4. The van der Waals surface area contributed by atoms with E-state index in [1.807, 2.05) is 31.2 Å². The second-order valence-corrected chi connectivity index (χ2v) is 8.07. The number of nitrogens with one attached hydrogen (secondary N) is 1. The number of halogens is 1. The molecular weight excluding hydrogens is 369 g/mol. The van der Waals surface area contributed by atoms with Crippen LogP contribution in [0, 0.1) is 18.2 Å². The Hall–Kier alpha value is -3.28. The lowest BCUT2D eigenvalue weighted by Crippen LogP contribution is -2.38. The van der Waals surface area contributed by atoms with E-state index in [0.717, 1.165) is 15.8 Å². The minimum absolute atomic E-state index is 0.108. The number of aromatic nitrogens is 2. The van der Waals surface area contributed by atoms with Crippen LogP contribution >= 0.6 is 0 Å². The fourth-order valence-electron chi connectivity index (χ4n) is 3.18. The average Bonchev–Trinajstić information content (AvgIpc) is 2.67. The highest BCUT2D eigenvalue weighted by Gasteiger charge is 2.29. The van der Waals surface area contributed by atoms with E-state index < -0.39 is 11.4 Å². The van der Waals surface area contributed by atoms with Crippen molar-refractivity contribution < 1.29 is 9.18 Å². The Morgan fingerprint density at radius 1 is 1.03 bits per heavy atom. The summed E-state index contributed by atoms with van der Waals surface area (Å²) in [6.07, 6.45) is 0. The molecule has 0 radical (unpaired) electrons. The van der Waals surface area contributed by atoms with E-state index in [9.17, 15) is 14.0 Å². The fraction of sp³-hybridized carbons (Fsp3) is 0.261. The van der Waals surface area contributed by atoms with Crippen molar-refractivity contribution in [1.82, 2.24) is 15.1 Å². The smallest absolute Gasteiger partial charge is 0.272 e. The predicted molar refractivity (Wildman–Crippen MR) is 111 cm³/mol. The van der Waals surface area contributed by atoms with E-state index >= 15 is 0 Å². The quantitative estimate of drug-likeness (QED) is 0.723. The van der Waals surface area contributed by atoms with Crippen LogP contribution in [-0.2, 0) is 0 Å². The molecule has 1 atom stereocenters. The van der Waals surface area contributed by atoms with E-state index in [2.05, 4.69) is 31.2 Å². The molecule has 1 aromatic heterocycles. The van der Waals surface area contributed by atoms with Gasteiger partial charge in [-0.25, -0.2) is 4.39 Å². The number of aryl methyl sites for hydroxylation is 1. The molecule has 0 saturated carbocycles. The molecule has 29 heavy (non-hydrogen) atoms. The van der Waals surface area contributed by atoms with Crippen molar-refractivity contribution in [1.29, 1.82) is 0 Å². The molecule has 1 N–H and O–H groups in total. The van der Waals surface area contributed by atoms with Crippen LogP contribution < -0.4 is 10.9 Å². The SMILES string of the molecule is Cc1ccccc1[C@H](NC(=O)c1ccc(=O)n(-c2ccc(F)cc2)n1)C(C)(C)C. The monoisotopic (exact) mass is 393 g/mol. The number of carbonyl (C=O) groups is 1. The molecule has 0 fully saturated rings. The number of rotatable bonds is 4. The van der Waals surface area contributed by atoms with Gasteiger partial charge in [0.1, 0.15) is 11.5 Å². The molecule has 1 heterocycles. The summed E-state index contributed by atoms with van der Waals surface area (Å²) in [6.45, 7) is 8.17. The van der Waals surface area contributed by atoms with E-state index in [-0.39, 0.29) is 23.1 Å². The molecule has 0 unspecified atom stereocenters. The van der Waals surface area contributed by atoms with Crippen molar-refractivity contribution in [2.24, 2.45) is 5.41 Å². The van der Waals surface area contributed by atoms with Gasteiger partial charge >= 0.3 is 0 Å². The molecular formula is C23H24FN3O2. The fourth-order valence-corrected chi connectivity index (χ4v) is 3.18. The third-order valence-corrected chi connectivity index (χ3v) is 4.75. The number of hydrogen-bond acceptors (Lipinski definition) is 3. The average molecular weight is 393 g/mol. The lowest BCUT2D eigenvalue weighted by molar-refractivity contribution is 0.0894. The molecule has 5 nitrogen and oxygen atoms in total. The Kier molecular flexibility index (Phi) is 5.64. The zero-order chi connectivity index (χ0) is 21.2. The number of carbonyl (C=O) groups excluding carboxylic acids is 1. The number of benzene rings is 2. The first-order chi connectivity index (χ1) is 13.7. The standard InChI is InChI=1S/C23H24FN3O2/c1-15-7-5-6-8-18(15)21(23(2,3)4)25-22(29)19-13-14-20(28)27(26-19)17-11-9-16(24)10-12-17/h5-14,21H,1-4H3,(H,25,29)/t21-/m0/s1. The third kappa shape index (κ3) is 4.59. The van der Waals surface area contributed by atoms with E-state index in [4.69, 9.17) is 0 Å². The molecule has 0 aliphatic heterocycles. The first-order valence-electron chi connectivity index (χ1n) is 9.39. The molecule has 1 amide bonds. The van der Waals surface area contributed by atoms with Gasteiger partial charge in [-0.1, -0.05) is 45.0 Å². The van der Waals surface area contributed by atoms with Crippen molar-refractivity contribution in [3.05, 3.63) is 93.7 Å². The summed E-state index contributed by atoms with van der Waals surface area (Å²) >= 11 is 0. The minimum Gasteiger partial charge on any atom is -0.343 e. The summed E-state index contributed by atoms with van der Waals surface area (Å²) in [5.74, 6) is -0.800. The Morgan fingerprint density at radius 3 is 2.31 bits per heavy atom. The van der Waals surface area contributed by atoms with Crippen LogP contribution in [0.4, 0.5) is 4.39 Å². The Bertz CT molecular complexity index is 1080. The van der Waals surface area contributed by atoms with Crippen LogP contribution in [0.1, 0.15) is 48.4 Å². The Balaban J connectivity index is 1.95. The molecule has 6 heteroatoms. The molecule has 150 valence electrons. The van der Waals surface area contributed by atoms with Crippen LogP contribution in [-0.4, -0.2) is 15.7 Å². The molecule has 2 aromatic carbocycles. The molecule has 3 rings (SSSR count). The van der Waals surface area contributed by atoms with Gasteiger partial charge in [0, 0.05) is 6.07 Å². The summed E-state index contributed by atoms with van der Waals surface area (Å²) in [6, 6.07) is 15.7. The number of hydrogen-bond donors (Lipinski definition) is 1. The van der Waals surface area contributed by atoms with Gasteiger partial charge in [-0.05, 0) is 53.8 Å². The Morgan fingerprint density at radius 2 is 1.69 bits per heavy atom. The van der Waals surface area contributed by atoms with Crippen molar-refractivity contribution in [3.63, 3.8) is 0 Å². The van der Waals surface area contributed by atoms with E-state index in [1.165, 1.54) is 36.4 Å². The van der Waals surface area contributed by atoms with Crippen molar-refractivity contribution in [2.75, 3.05) is 0 Å². The van der Waals surface area contributed by atoms with Crippen molar-refractivity contribution in [3.8, 4) is 5.69 Å². The van der Waals surface area contributed by atoms with Crippen LogP contribution in [0.25, 0.3) is 5.69 Å². The first-order valence-corrected chi connectivity index (χ1v) is 9.39. The topological polar surface area (TPSA) is 64.0 Å². The van der Waals surface area contributed by atoms with Crippen LogP contribution in [0.3, 0.4) is 0 Å². The number of amides is 1. The van der Waals surface area contributed by atoms with Gasteiger partial charge in [0.2, 0.25) is 0 Å². The largest absolute Gasteiger partial charge is 0.343 e. The predicted octanol–water partition coefficient (Wildman–Crippen LogP) is 4.20. The third-order valence-electron chi connectivity index (χ3n) is 4.75. The molecule has 0 bridgehead atoms. The number of nitrogens with zero attached hydrogens (tertiary/aromatic N) is 2. The molecule has 0 spiro atoms. The summed E-state index contributed by atoms with van der Waals surface area (Å²) in [7, 11) is 0. The van der Waals surface area contributed by atoms with Crippen LogP contribution in [0.5, 0.6) is 0 Å². The van der Waals surface area contributed by atoms with Gasteiger partial charge in [-0.2, -0.15) is 9.78 Å². The van der Waals surface area contributed by atoms with Crippen molar-refractivity contribution >= 4 is 5.91 Å². The minimum atomic E-state index is -0.415. The summed E-state index contributed by atoms with van der Waals surface area (Å²) < 4.78 is 14.3. The molecule has 0 aliphatic carbocycles. The van der Waals surface area contributed by atoms with Crippen molar-refractivity contribution in [2.45, 2.75) is 33.7 Å². The second-order valence-electron chi connectivity index (χ2n) is 8.07. The van der Waals surface area contributed by atoms with E-state index in [1.54, 1.807) is 0 Å². The molecule has 0 aliphatic rings. The van der Waals surface area contributed by atoms with E-state index in [0.29, 0.717) is 5.69 Å². The highest BCUT2D eigenvalue weighted by atomic mass is 19.1. The zero-order valence-corrected chi connectivity index (χ0v) is 16.9. The lowest BCUT2D eigenvalue weighted by atomic mass is 9.81. The molecule has 3 aromatic rings. The van der Waals surface area contributed by atoms with Gasteiger partial charge in [-0.15, -0.1) is 0 Å². The van der Waals surface area contributed by atoms with Gasteiger partial charge in [0.05, 0.1) is 11.7 Å². The summed E-state index contributed by atoms with van der Waals surface area (Å²) in [5.41, 5.74) is 1.96. The van der Waals surface area contributed by atoms with Crippen LogP contribution in [0.2, 0.25) is 0 Å². The first kappa shape index (κ1) is 20.5. The summed E-state index contributed by atoms with van der Waals surface area (Å²) in [5, 5.41) is 7.25. The zero-order valence-electron chi connectivity index (χ0n) is 16.9. The Labute approximate surface area is 169 Å². The van der Waals surface area contributed by atoms with Gasteiger partial charge in [0.25, 0.3) is 11.5 Å². The van der Waals surface area contributed by atoms with Gasteiger partial charge < -0.3 is 5.32 Å². The highest BCUT2D eigenvalue weighted by Crippen LogP contribution is 2.34. The molecule has 0 saturated heterocycles. The van der Waals surface area contributed by atoms with Gasteiger partial charge in [0.15, 0.2) is 0 Å². The second kappa shape index (κ2) is 7.99. The van der Waals surface area contributed by atoms with Gasteiger partial charge in [-0.3, -0.25) is 9.59 Å². The van der Waals surface area contributed by atoms with Crippen LogP contribution in [0.15, 0.2) is 65.5 Å². The summed E-state index contributed by atoms with van der Waals surface area (Å²) in [4.78, 5) is 25.2.